The molecule has 2 aromatic rings. The molecule has 4 nitrogen and oxygen atoms in total. The smallest absolute Gasteiger partial charge is 0.237 e. The van der Waals surface area contributed by atoms with Gasteiger partial charge in [0.05, 0.1) is 12.6 Å². The van der Waals surface area contributed by atoms with E-state index in [0.29, 0.717) is 6.54 Å². The van der Waals surface area contributed by atoms with E-state index in [1.165, 1.54) is 21.6 Å². The molecule has 0 aliphatic carbocycles. The zero-order valence-electron chi connectivity index (χ0n) is 15.0. The first-order valence-electron chi connectivity index (χ1n) is 8.82. The highest BCUT2D eigenvalue weighted by molar-refractivity contribution is 7.10. The molecular formula is C20H26N2O2S. The third-order valence-corrected chi connectivity index (χ3v) is 5.65. The summed E-state index contributed by atoms with van der Waals surface area (Å²) in [6.07, 6.45) is 1.87. The van der Waals surface area contributed by atoms with Crippen molar-refractivity contribution in [2.75, 3.05) is 33.4 Å². The summed E-state index contributed by atoms with van der Waals surface area (Å²) in [5, 5.41) is 5.39. The van der Waals surface area contributed by atoms with Crippen LogP contribution < -0.4 is 5.32 Å². The maximum Gasteiger partial charge on any atom is 0.237 e. The highest BCUT2D eigenvalue weighted by Gasteiger charge is 2.32. The summed E-state index contributed by atoms with van der Waals surface area (Å²) in [4.78, 5) is 16.3. The summed E-state index contributed by atoms with van der Waals surface area (Å²) >= 11 is 1.80. The molecule has 0 spiro atoms. The number of aryl methyl sites for hydroxylation is 1. The number of rotatable bonds is 7. The predicted molar refractivity (Wildman–Crippen MR) is 102 cm³/mol. The van der Waals surface area contributed by atoms with Gasteiger partial charge < -0.3 is 15.0 Å². The minimum Gasteiger partial charge on any atom is -0.385 e. The molecule has 1 aromatic heterocycles. The molecule has 0 bridgehead atoms. The number of thiophene rings is 1. The van der Waals surface area contributed by atoms with Crippen LogP contribution in [0.15, 0.2) is 35.7 Å². The van der Waals surface area contributed by atoms with Crippen molar-refractivity contribution in [2.45, 2.75) is 25.8 Å². The Morgan fingerprint density at radius 2 is 2.12 bits per heavy atom. The van der Waals surface area contributed by atoms with Gasteiger partial charge in [0, 0.05) is 25.1 Å². The van der Waals surface area contributed by atoms with Crippen LogP contribution in [0.25, 0.3) is 0 Å². The van der Waals surface area contributed by atoms with Crippen LogP contribution >= 0.6 is 11.3 Å². The molecule has 1 aromatic carbocycles. The quantitative estimate of drug-likeness (QED) is 0.773. The molecule has 1 N–H and O–H groups in total. The Morgan fingerprint density at radius 1 is 1.32 bits per heavy atom. The minimum atomic E-state index is 0.0314. The van der Waals surface area contributed by atoms with Crippen LogP contribution in [0, 0.1) is 6.92 Å². The molecule has 25 heavy (non-hydrogen) atoms. The van der Waals surface area contributed by atoms with Gasteiger partial charge in [-0.25, -0.2) is 0 Å². The van der Waals surface area contributed by atoms with Gasteiger partial charge in [0.15, 0.2) is 0 Å². The number of benzene rings is 1. The topological polar surface area (TPSA) is 41.6 Å². The van der Waals surface area contributed by atoms with Crippen LogP contribution in [0.3, 0.4) is 0 Å². The Hall–Kier alpha value is -1.69. The molecule has 0 saturated heterocycles. The Bertz CT molecular complexity index is 696. The fourth-order valence-electron chi connectivity index (χ4n) is 3.33. The maximum atomic E-state index is 12.8. The Morgan fingerprint density at radius 3 is 2.88 bits per heavy atom. The van der Waals surface area contributed by atoms with E-state index >= 15 is 0 Å². The number of ether oxygens (including phenoxy) is 1. The summed E-state index contributed by atoms with van der Waals surface area (Å²) in [7, 11) is 1.70. The van der Waals surface area contributed by atoms with E-state index in [1.807, 2.05) is 4.90 Å². The van der Waals surface area contributed by atoms with E-state index in [1.54, 1.807) is 18.4 Å². The summed E-state index contributed by atoms with van der Waals surface area (Å²) in [5.41, 5.74) is 3.72. The van der Waals surface area contributed by atoms with Crippen molar-refractivity contribution in [1.29, 1.82) is 0 Å². The number of carbonyl (C=O) groups is 1. The fraction of sp³-hybridized carbons (Fsp3) is 0.450. The van der Waals surface area contributed by atoms with Crippen molar-refractivity contribution in [3.05, 3.63) is 57.3 Å². The van der Waals surface area contributed by atoms with E-state index in [4.69, 9.17) is 4.74 Å². The van der Waals surface area contributed by atoms with Crippen molar-refractivity contribution >= 4 is 17.2 Å². The average Bonchev–Trinajstić information content (AvgIpc) is 3.10. The number of fused-ring (bicyclic) bond motifs is 1. The van der Waals surface area contributed by atoms with Crippen LogP contribution in [0.2, 0.25) is 0 Å². The van der Waals surface area contributed by atoms with E-state index in [-0.39, 0.29) is 11.9 Å². The zero-order valence-corrected chi connectivity index (χ0v) is 15.8. The van der Waals surface area contributed by atoms with Crippen molar-refractivity contribution in [1.82, 2.24) is 10.2 Å². The fourth-order valence-corrected chi connectivity index (χ4v) is 4.24. The number of carbonyl (C=O) groups excluding carboxylic acids is 1. The van der Waals surface area contributed by atoms with Crippen molar-refractivity contribution in [3.63, 3.8) is 0 Å². The highest BCUT2D eigenvalue weighted by atomic mass is 32.1. The first-order chi connectivity index (χ1) is 12.2. The normalized spacial score (nSPS) is 16.7. The number of hydrogen-bond acceptors (Lipinski definition) is 4. The van der Waals surface area contributed by atoms with Crippen LogP contribution in [-0.2, 0) is 16.0 Å². The van der Waals surface area contributed by atoms with Gasteiger partial charge in [0.1, 0.15) is 0 Å². The molecule has 0 fully saturated rings. The standard InChI is InChI=1S/C20H26N2O2S/c1-15-4-6-16(7-5-15)20-17-9-13-25-18(17)8-11-22(20)19(23)14-21-10-3-12-24-2/h4-7,9,13,20-21H,3,8,10-12,14H2,1-2H3/t20-/m1/s1. The lowest BCUT2D eigenvalue weighted by atomic mass is 9.92. The summed E-state index contributed by atoms with van der Waals surface area (Å²) in [6.45, 7) is 4.77. The van der Waals surface area contributed by atoms with Gasteiger partial charge in [-0.1, -0.05) is 29.8 Å². The second-order valence-electron chi connectivity index (χ2n) is 6.47. The van der Waals surface area contributed by atoms with E-state index in [9.17, 15) is 4.79 Å². The van der Waals surface area contributed by atoms with Gasteiger partial charge in [0.2, 0.25) is 5.91 Å². The van der Waals surface area contributed by atoms with Gasteiger partial charge in [-0.2, -0.15) is 0 Å². The molecule has 2 heterocycles. The minimum absolute atomic E-state index is 0.0314. The van der Waals surface area contributed by atoms with Gasteiger partial charge >= 0.3 is 0 Å². The number of nitrogens with one attached hydrogen (secondary N) is 1. The highest BCUT2D eigenvalue weighted by Crippen LogP contribution is 2.37. The third kappa shape index (κ3) is 4.29. The molecule has 3 rings (SSSR count). The van der Waals surface area contributed by atoms with Gasteiger partial charge in [-0.3, -0.25) is 4.79 Å². The van der Waals surface area contributed by atoms with Crippen LogP contribution in [0.5, 0.6) is 0 Å². The van der Waals surface area contributed by atoms with Crippen molar-refractivity contribution < 1.29 is 9.53 Å². The monoisotopic (exact) mass is 358 g/mol. The Balaban J connectivity index is 1.75. The number of hydrogen-bond donors (Lipinski definition) is 1. The lowest BCUT2D eigenvalue weighted by Gasteiger charge is -2.36. The second-order valence-corrected chi connectivity index (χ2v) is 7.47. The molecule has 1 aliphatic heterocycles. The molecule has 1 amide bonds. The molecule has 0 unspecified atom stereocenters. The molecule has 1 aliphatic rings. The van der Waals surface area contributed by atoms with Crippen molar-refractivity contribution in [2.24, 2.45) is 0 Å². The number of amides is 1. The molecule has 0 radical (unpaired) electrons. The van der Waals surface area contributed by atoms with Gasteiger partial charge in [0.25, 0.3) is 0 Å². The lowest BCUT2D eigenvalue weighted by Crippen LogP contribution is -2.44. The van der Waals surface area contributed by atoms with Crippen LogP contribution in [-0.4, -0.2) is 44.2 Å². The molecular weight excluding hydrogens is 332 g/mol. The first-order valence-corrected chi connectivity index (χ1v) is 9.70. The Labute approximate surface area is 153 Å². The third-order valence-electron chi connectivity index (χ3n) is 4.66. The van der Waals surface area contributed by atoms with Crippen LogP contribution in [0.4, 0.5) is 0 Å². The van der Waals surface area contributed by atoms with Crippen molar-refractivity contribution in [3.8, 4) is 0 Å². The lowest BCUT2D eigenvalue weighted by molar-refractivity contribution is -0.132. The maximum absolute atomic E-state index is 12.8. The summed E-state index contributed by atoms with van der Waals surface area (Å²) < 4.78 is 5.05. The SMILES string of the molecule is COCCCNCC(=O)N1CCc2sccc2[C@H]1c1ccc(C)cc1. The number of methoxy groups -OCH3 is 1. The molecule has 0 saturated carbocycles. The first kappa shape index (κ1) is 18.1. The summed E-state index contributed by atoms with van der Waals surface area (Å²) in [5.74, 6) is 0.167. The second kappa shape index (κ2) is 8.61. The average molecular weight is 359 g/mol. The van der Waals surface area contributed by atoms with Gasteiger partial charge in [-0.15, -0.1) is 11.3 Å². The molecule has 5 heteroatoms. The molecule has 1 atom stereocenters. The van der Waals surface area contributed by atoms with E-state index < -0.39 is 0 Å². The summed E-state index contributed by atoms with van der Waals surface area (Å²) in [6, 6.07) is 10.8. The van der Waals surface area contributed by atoms with E-state index in [2.05, 4.69) is 48.0 Å². The largest absolute Gasteiger partial charge is 0.385 e. The van der Waals surface area contributed by atoms with E-state index in [0.717, 1.165) is 32.5 Å². The van der Waals surface area contributed by atoms with Gasteiger partial charge in [-0.05, 0) is 48.9 Å². The zero-order chi connectivity index (χ0) is 17.6. The van der Waals surface area contributed by atoms with Crippen LogP contribution in [0.1, 0.15) is 34.0 Å². The number of nitrogens with zero attached hydrogens (tertiary/aromatic N) is 1. The Kier molecular flexibility index (Phi) is 6.24. The molecule has 134 valence electrons. The predicted octanol–water partition coefficient (Wildman–Crippen LogP) is 3.16.